The van der Waals surface area contributed by atoms with Crippen molar-refractivity contribution in [3.63, 3.8) is 0 Å². The van der Waals surface area contributed by atoms with Gasteiger partial charge in [0.15, 0.2) is 11.7 Å². The van der Waals surface area contributed by atoms with E-state index < -0.39 is 11.9 Å². The van der Waals surface area contributed by atoms with Crippen LogP contribution in [0.25, 0.3) is 22.4 Å². The minimum atomic E-state index is -0.580. The summed E-state index contributed by atoms with van der Waals surface area (Å²) >= 11 is 1.32. The molecule has 0 aliphatic rings. The zero-order valence-corrected chi connectivity index (χ0v) is 16.7. The molecule has 0 radical (unpaired) electrons. The molecule has 4 rings (SSSR count). The number of aryl methyl sites for hydroxylation is 2. The molecule has 2 N–H and O–H groups in total. The zero-order valence-electron chi connectivity index (χ0n) is 15.9. The number of esters is 1. The minimum Gasteiger partial charge on any atom is -0.452 e. The van der Waals surface area contributed by atoms with Crippen molar-refractivity contribution in [3.05, 3.63) is 64.7 Å². The number of hydrogen-bond acceptors (Lipinski definition) is 6. The molecular weight excluding hydrogens is 388 g/mol. The molecule has 7 nitrogen and oxygen atoms in total. The maximum Gasteiger partial charge on any atom is 0.338 e. The molecule has 8 heteroatoms. The number of hydrogen-bond donors (Lipinski definition) is 2. The van der Waals surface area contributed by atoms with Crippen molar-refractivity contribution in [2.24, 2.45) is 0 Å². The Morgan fingerprint density at radius 2 is 1.90 bits per heavy atom. The normalized spacial score (nSPS) is 10.8. The second-order valence-electron chi connectivity index (χ2n) is 6.60. The van der Waals surface area contributed by atoms with E-state index in [1.165, 1.54) is 16.9 Å². The fourth-order valence-electron chi connectivity index (χ4n) is 2.77. The molecule has 29 heavy (non-hydrogen) atoms. The number of carbonyl (C=O) groups excluding carboxylic acids is 2. The van der Waals surface area contributed by atoms with Crippen molar-refractivity contribution in [1.82, 2.24) is 15.0 Å². The number of aromatic nitrogens is 3. The molecule has 0 fully saturated rings. The highest BCUT2D eigenvalue weighted by atomic mass is 32.1. The third-order valence-corrected chi connectivity index (χ3v) is 5.12. The molecule has 0 saturated carbocycles. The molecule has 0 bridgehead atoms. The maximum atomic E-state index is 12.3. The Labute approximate surface area is 170 Å². The fourth-order valence-corrected chi connectivity index (χ4v) is 3.47. The van der Waals surface area contributed by atoms with Crippen molar-refractivity contribution in [1.29, 1.82) is 0 Å². The molecule has 0 atom stereocenters. The first kappa shape index (κ1) is 18.8. The molecule has 0 spiro atoms. The third kappa shape index (κ3) is 4.33. The smallest absolute Gasteiger partial charge is 0.338 e. The summed E-state index contributed by atoms with van der Waals surface area (Å²) in [5, 5.41) is 4.90. The van der Waals surface area contributed by atoms with Crippen LogP contribution in [-0.4, -0.2) is 33.4 Å². The summed E-state index contributed by atoms with van der Waals surface area (Å²) in [5.41, 5.74) is 4.76. The number of imidazole rings is 1. The second-order valence-corrected chi connectivity index (χ2v) is 7.46. The largest absolute Gasteiger partial charge is 0.452 e. The van der Waals surface area contributed by atoms with Crippen molar-refractivity contribution in [3.8, 4) is 11.4 Å². The lowest BCUT2D eigenvalue weighted by atomic mass is 10.1. The summed E-state index contributed by atoms with van der Waals surface area (Å²) in [6, 6.07) is 13.1. The van der Waals surface area contributed by atoms with Crippen LogP contribution in [0.3, 0.4) is 0 Å². The van der Waals surface area contributed by atoms with E-state index in [-0.39, 0.29) is 6.61 Å². The lowest BCUT2D eigenvalue weighted by Gasteiger charge is -2.04. The molecule has 0 aliphatic heterocycles. The Morgan fingerprint density at radius 1 is 1.10 bits per heavy atom. The highest BCUT2D eigenvalue weighted by Gasteiger charge is 2.13. The van der Waals surface area contributed by atoms with Crippen LogP contribution in [0.2, 0.25) is 0 Å². The molecule has 1 amide bonds. The summed E-state index contributed by atoms with van der Waals surface area (Å²) < 4.78 is 5.11. The number of amides is 1. The molecule has 2 aromatic carbocycles. The van der Waals surface area contributed by atoms with Crippen LogP contribution in [0.1, 0.15) is 21.6 Å². The SMILES string of the molecule is Cc1ccc(-c2nc3ccc(C(=O)OCC(=O)Nc4nc(C)cs4)cc3[nH]2)cc1. The van der Waals surface area contributed by atoms with E-state index in [1.54, 1.807) is 18.2 Å². The van der Waals surface area contributed by atoms with Gasteiger partial charge in [0.2, 0.25) is 0 Å². The highest BCUT2D eigenvalue weighted by molar-refractivity contribution is 7.13. The maximum absolute atomic E-state index is 12.3. The standard InChI is InChI=1S/C21H18N4O3S/c1-12-3-5-14(6-4-12)19-23-16-8-7-15(9-17(16)24-19)20(27)28-10-18(26)25-21-22-13(2)11-29-21/h3-9,11H,10H2,1-2H3,(H,23,24)(H,22,25,26). The molecule has 0 saturated heterocycles. The van der Waals surface area contributed by atoms with E-state index >= 15 is 0 Å². The molecule has 146 valence electrons. The number of nitrogens with zero attached hydrogens (tertiary/aromatic N) is 2. The summed E-state index contributed by atoms with van der Waals surface area (Å²) in [5.74, 6) is -0.288. The number of carbonyl (C=O) groups is 2. The number of benzene rings is 2. The molecule has 0 unspecified atom stereocenters. The topological polar surface area (TPSA) is 97.0 Å². The number of rotatable bonds is 5. The van der Waals surface area contributed by atoms with Gasteiger partial charge in [0.05, 0.1) is 22.3 Å². The number of aromatic amines is 1. The van der Waals surface area contributed by atoms with Crippen LogP contribution in [0, 0.1) is 13.8 Å². The van der Waals surface area contributed by atoms with Gasteiger partial charge in [-0.05, 0) is 32.0 Å². The van der Waals surface area contributed by atoms with Gasteiger partial charge < -0.3 is 9.72 Å². The number of thiazole rings is 1. The van der Waals surface area contributed by atoms with E-state index in [4.69, 9.17) is 4.74 Å². The number of nitrogens with one attached hydrogen (secondary N) is 2. The lowest BCUT2D eigenvalue weighted by molar-refractivity contribution is -0.119. The summed E-state index contributed by atoms with van der Waals surface area (Å²) in [7, 11) is 0. The Balaban J connectivity index is 1.43. The average Bonchev–Trinajstić information content (AvgIpc) is 3.31. The average molecular weight is 406 g/mol. The molecule has 2 aromatic heterocycles. The van der Waals surface area contributed by atoms with Crippen molar-refractivity contribution < 1.29 is 14.3 Å². The second kappa shape index (κ2) is 7.84. The Hall–Kier alpha value is -3.52. The predicted octanol–water partition coefficient (Wildman–Crippen LogP) is 4.10. The van der Waals surface area contributed by atoms with Crippen LogP contribution in [0.15, 0.2) is 47.8 Å². The first-order valence-electron chi connectivity index (χ1n) is 8.94. The first-order chi connectivity index (χ1) is 14.0. The van der Waals surface area contributed by atoms with Crippen LogP contribution in [-0.2, 0) is 9.53 Å². The van der Waals surface area contributed by atoms with Gasteiger partial charge in [0.25, 0.3) is 5.91 Å². The van der Waals surface area contributed by atoms with E-state index in [0.717, 1.165) is 28.1 Å². The monoisotopic (exact) mass is 406 g/mol. The summed E-state index contributed by atoms with van der Waals surface area (Å²) in [6.45, 7) is 3.48. The summed E-state index contributed by atoms with van der Waals surface area (Å²) in [6.07, 6.45) is 0. The highest BCUT2D eigenvalue weighted by Crippen LogP contribution is 2.22. The van der Waals surface area contributed by atoms with Crippen molar-refractivity contribution in [2.75, 3.05) is 11.9 Å². The molecule has 4 aromatic rings. The van der Waals surface area contributed by atoms with Gasteiger partial charge in [-0.25, -0.2) is 14.8 Å². The molecular formula is C21H18N4O3S. The van der Waals surface area contributed by atoms with E-state index in [9.17, 15) is 9.59 Å². The Morgan fingerprint density at radius 3 is 2.62 bits per heavy atom. The number of fused-ring (bicyclic) bond motifs is 1. The molecule has 2 heterocycles. The van der Waals surface area contributed by atoms with Gasteiger partial charge in [-0.3, -0.25) is 10.1 Å². The van der Waals surface area contributed by atoms with Gasteiger partial charge in [-0.15, -0.1) is 11.3 Å². The van der Waals surface area contributed by atoms with E-state index in [1.807, 2.05) is 43.5 Å². The van der Waals surface area contributed by atoms with Crippen LogP contribution >= 0.6 is 11.3 Å². The third-order valence-electron chi connectivity index (χ3n) is 4.24. The van der Waals surface area contributed by atoms with Gasteiger partial charge in [-0.2, -0.15) is 0 Å². The molecule has 0 aliphatic carbocycles. The fraction of sp³-hybridized carbons (Fsp3) is 0.143. The number of ether oxygens (including phenoxy) is 1. The van der Waals surface area contributed by atoms with Crippen molar-refractivity contribution in [2.45, 2.75) is 13.8 Å². The van der Waals surface area contributed by atoms with Gasteiger partial charge in [0.1, 0.15) is 5.82 Å². The predicted molar refractivity (Wildman–Crippen MR) is 112 cm³/mol. The van der Waals surface area contributed by atoms with E-state index in [0.29, 0.717) is 10.7 Å². The Kier molecular flexibility index (Phi) is 5.09. The zero-order chi connectivity index (χ0) is 20.4. The quantitative estimate of drug-likeness (QED) is 0.487. The van der Waals surface area contributed by atoms with Crippen LogP contribution in [0.4, 0.5) is 5.13 Å². The van der Waals surface area contributed by atoms with Crippen LogP contribution in [0.5, 0.6) is 0 Å². The first-order valence-corrected chi connectivity index (χ1v) is 9.82. The summed E-state index contributed by atoms with van der Waals surface area (Å²) in [4.78, 5) is 36.1. The van der Waals surface area contributed by atoms with Crippen LogP contribution < -0.4 is 5.32 Å². The van der Waals surface area contributed by atoms with Crippen molar-refractivity contribution >= 4 is 39.4 Å². The van der Waals surface area contributed by atoms with Gasteiger partial charge >= 0.3 is 5.97 Å². The Bertz CT molecular complexity index is 1190. The lowest BCUT2D eigenvalue weighted by Crippen LogP contribution is -2.20. The minimum absolute atomic E-state index is 0.342. The van der Waals surface area contributed by atoms with E-state index in [2.05, 4.69) is 20.3 Å². The van der Waals surface area contributed by atoms with Gasteiger partial charge in [0, 0.05) is 10.9 Å². The van der Waals surface area contributed by atoms with Gasteiger partial charge in [-0.1, -0.05) is 29.8 Å². The number of anilines is 1. The number of H-pyrrole nitrogens is 1.